The minimum absolute atomic E-state index is 0.0260. The fourth-order valence-corrected chi connectivity index (χ4v) is 16.4. The van der Waals surface area contributed by atoms with E-state index >= 15 is 0 Å². The summed E-state index contributed by atoms with van der Waals surface area (Å²) in [6.07, 6.45) is 0. The van der Waals surface area contributed by atoms with Crippen molar-refractivity contribution in [3.05, 3.63) is 237 Å². The molecule has 0 spiro atoms. The van der Waals surface area contributed by atoms with Gasteiger partial charge in [-0.2, -0.15) is 0 Å². The van der Waals surface area contributed by atoms with Crippen LogP contribution in [0.4, 0.5) is 34.1 Å². The van der Waals surface area contributed by atoms with Gasteiger partial charge in [-0.15, -0.1) is 0 Å². The number of hydrogen-bond donors (Lipinski definition) is 0. The molecule has 62 heavy (non-hydrogen) atoms. The predicted molar refractivity (Wildman–Crippen MR) is 266 cm³/mol. The molecule has 0 unspecified atom stereocenters. The van der Waals surface area contributed by atoms with E-state index in [0.717, 1.165) is 11.4 Å². The summed E-state index contributed by atoms with van der Waals surface area (Å²) in [5.74, 6) is 0. The van der Waals surface area contributed by atoms with Crippen LogP contribution in [0.2, 0.25) is 0 Å². The lowest BCUT2D eigenvalue weighted by Crippen LogP contribution is -2.73. The van der Waals surface area contributed by atoms with E-state index in [9.17, 15) is 0 Å². The van der Waals surface area contributed by atoms with Crippen molar-refractivity contribution in [1.29, 1.82) is 0 Å². The maximum absolute atomic E-state index is 2.80. The molecule has 0 atom stereocenters. The fourth-order valence-electron chi connectivity index (χ4n) is 11.2. The van der Waals surface area contributed by atoms with E-state index < -0.39 is 8.07 Å². The van der Waals surface area contributed by atoms with E-state index in [1.165, 1.54) is 92.9 Å². The molecule has 0 bridgehead atoms. The highest BCUT2D eigenvalue weighted by molar-refractivity contribution is 7.22. The van der Waals surface area contributed by atoms with Crippen molar-refractivity contribution in [1.82, 2.24) is 0 Å². The summed E-state index contributed by atoms with van der Waals surface area (Å²) >= 11 is 0. The maximum Gasteiger partial charge on any atom is 0.252 e. The molecule has 0 aliphatic carbocycles. The lowest BCUT2D eigenvalue weighted by Gasteiger charge is -2.45. The Bertz CT molecular complexity index is 3320. The molecule has 0 N–H and O–H groups in total. The van der Waals surface area contributed by atoms with Crippen LogP contribution in [0, 0.1) is 0 Å². The van der Waals surface area contributed by atoms with Crippen LogP contribution in [-0.2, 0) is 0 Å². The van der Waals surface area contributed by atoms with Gasteiger partial charge >= 0.3 is 0 Å². The number of rotatable bonds is 5. The topological polar surface area (TPSA) is 6.48 Å². The van der Waals surface area contributed by atoms with Gasteiger partial charge in [-0.25, -0.2) is 0 Å². The van der Waals surface area contributed by atoms with Gasteiger partial charge < -0.3 is 9.80 Å². The largest absolute Gasteiger partial charge is 0.311 e. The molecule has 10 aromatic carbocycles. The van der Waals surface area contributed by atoms with E-state index in [0.29, 0.717) is 0 Å². The van der Waals surface area contributed by atoms with Crippen LogP contribution < -0.4 is 46.9 Å². The average molecular weight is 803 g/mol. The first-order valence-corrected chi connectivity index (χ1v) is 23.6. The minimum Gasteiger partial charge on any atom is -0.311 e. The van der Waals surface area contributed by atoms with Gasteiger partial charge in [0.2, 0.25) is 0 Å². The fraction of sp³-hybridized carbons (Fsp3) is 0. The van der Waals surface area contributed by atoms with Crippen molar-refractivity contribution in [2.45, 2.75) is 0 Å². The number of hydrogen-bond acceptors (Lipinski definition) is 2. The number of nitrogens with zero attached hydrogens (tertiary/aromatic N) is 2. The molecule has 3 heterocycles. The normalized spacial score (nSPS) is 13.8. The summed E-state index contributed by atoms with van der Waals surface area (Å²) in [6, 6.07) is 88.9. The molecule has 0 saturated carbocycles. The molecule has 2 nitrogen and oxygen atoms in total. The van der Waals surface area contributed by atoms with Crippen LogP contribution in [0.25, 0.3) is 33.0 Å². The van der Waals surface area contributed by atoms with Gasteiger partial charge in [0.05, 0.1) is 0 Å². The monoisotopic (exact) mass is 802 g/mol. The smallest absolute Gasteiger partial charge is 0.252 e. The lowest BCUT2D eigenvalue weighted by molar-refractivity contribution is 1.26. The van der Waals surface area contributed by atoms with E-state index in [2.05, 4.69) is 246 Å². The molecule has 3 aliphatic heterocycles. The van der Waals surface area contributed by atoms with Gasteiger partial charge in [-0.3, -0.25) is 0 Å². The molecule has 0 radical (unpaired) electrons. The van der Waals surface area contributed by atoms with Crippen molar-refractivity contribution < 1.29 is 0 Å². The molecule has 0 fully saturated rings. The summed E-state index contributed by atoms with van der Waals surface area (Å²) in [7, 11) is -2.80. The van der Waals surface area contributed by atoms with Gasteiger partial charge in [0, 0.05) is 39.5 Å². The van der Waals surface area contributed by atoms with Crippen LogP contribution in [0.1, 0.15) is 0 Å². The molecule has 0 amide bonds. The Morgan fingerprint density at radius 1 is 0.355 bits per heavy atom. The van der Waals surface area contributed by atoms with Crippen molar-refractivity contribution in [3.63, 3.8) is 0 Å². The van der Waals surface area contributed by atoms with Gasteiger partial charge in [0.15, 0.2) is 8.07 Å². The van der Waals surface area contributed by atoms with E-state index in [-0.39, 0.29) is 6.71 Å². The van der Waals surface area contributed by atoms with E-state index in [1.54, 1.807) is 0 Å². The maximum atomic E-state index is 2.63. The second-order valence-corrected chi connectivity index (χ2v) is 20.5. The van der Waals surface area contributed by atoms with Crippen LogP contribution in [0.5, 0.6) is 0 Å². The van der Waals surface area contributed by atoms with Crippen LogP contribution in [0.15, 0.2) is 237 Å². The molecule has 4 heteroatoms. The van der Waals surface area contributed by atoms with Crippen LogP contribution in [-0.4, -0.2) is 14.8 Å². The summed E-state index contributed by atoms with van der Waals surface area (Å²) in [4.78, 5) is 5.14. The Morgan fingerprint density at radius 2 is 0.903 bits per heavy atom. The number of benzene rings is 10. The van der Waals surface area contributed by atoms with Gasteiger partial charge in [0.25, 0.3) is 6.71 Å². The Kier molecular flexibility index (Phi) is 7.75. The zero-order valence-electron chi connectivity index (χ0n) is 34.0. The number of para-hydroxylation sites is 2. The SMILES string of the molecule is c1ccc(-c2cc3c4c(c2)N(c2ccccc2)c2c(ccc5ccccc25)B4c2cc4c(cc2N3c2ccccc2)[Si](c2ccccc2)(c2ccccc2)c2ccccc2-4)cc1. The third-order valence-corrected chi connectivity index (χ3v) is 18.5. The molecule has 3 aliphatic rings. The molecule has 0 aromatic heterocycles. The van der Waals surface area contributed by atoms with Gasteiger partial charge in [-0.05, 0) is 107 Å². The number of anilines is 6. The molecule has 10 aromatic rings. The summed E-state index contributed by atoms with van der Waals surface area (Å²) < 4.78 is 0. The summed E-state index contributed by atoms with van der Waals surface area (Å²) in [5, 5.41) is 8.20. The lowest BCUT2D eigenvalue weighted by atomic mass is 9.33. The van der Waals surface area contributed by atoms with Gasteiger partial charge in [0.1, 0.15) is 0 Å². The predicted octanol–water partition coefficient (Wildman–Crippen LogP) is 9.95. The quantitative estimate of drug-likeness (QED) is 0.160. The van der Waals surface area contributed by atoms with Crippen molar-refractivity contribution >= 4 is 96.8 Å². The highest BCUT2D eigenvalue weighted by atomic mass is 28.3. The third-order valence-electron chi connectivity index (χ3n) is 13.7. The minimum atomic E-state index is -2.80. The second kappa shape index (κ2) is 13.7. The molecule has 288 valence electrons. The standard InChI is InChI=1S/C58H39BN2Si/c1-6-20-40(21-7-1)42-36-53-57-54(37-42)61(44-25-10-3-11-26-44)58-47-31-17-16-22-41(47)34-35-50(58)59(57)51-38-49-48-32-18-19-33-55(48)62(45-27-12-4-13-28-45,46-29-14-5-15-30-46)56(49)39-52(51)60(53)43-23-8-2-9-24-43/h1-39H. The molecular formula is C58H39BN2Si. The Balaban J connectivity index is 1.20. The highest BCUT2D eigenvalue weighted by Gasteiger charge is 2.51. The Morgan fingerprint density at radius 3 is 1.58 bits per heavy atom. The van der Waals surface area contributed by atoms with Crippen molar-refractivity contribution in [2.24, 2.45) is 0 Å². The Hall–Kier alpha value is -7.66. The molecule has 13 rings (SSSR count). The van der Waals surface area contributed by atoms with Crippen molar-refractivity contribution in [2.75, 3.05) is 9.80 Å². The van der Waals surface area contributed by atoms with Gasteiger partial charge in [-0.1, -0.05) is 194 Å². The average Bonchev–Trinajstić information content (AvgIpc) is 3.64. The summed E-state index contributed by atoms with van der Waals surface area (Å²) in [6.45, 7) is -0.0260. The van der Waals surface area contributed by atoms with E-state index in [1.807, 2.05) is 0 Å². The van der Waals surface area contributed by atoms with Crippen molar-refractivity contribution in [3.8, 4) is 22.3 Å². The summed E-state index contributed by atoms with van der Waals surface area (Å²) in [5.41, 5.74) is 16.3. The molecular weight excluding hydrogens is 764 g/mol. The first-order valence-electron chi connectivity index (χ1n) is 21.6. The first-order chi connectivity index (χ1) is 30.8. The van der Waals surface area contributed by atoms with Crippen LogP contribution >= 0.6 is 0 Å². The zero-order chi connectivity index (χ0) is 40.8. The van der Waals surface area contributed by atoms with Crippen LogP contribution in [0.3, 0.4) is 0 Å². The molecule has 0 saturated heterocycles. The first kappa shape index (κ1) is 35.1. The highest BCUT2D eigenvalue weighted by Crippen LogP contribution is 2.48. The van der Waals surface area contributed by atoms with E-state index in [4.69, 9.17) is 0 Å². The number of fused-ring (bicyclic) bond motifs is 9. The second-order valence-electron chi connectivity index (χ2n) is 16.8. The zero-order valence-corrected chi connectivity index (χ0v) is 35.0. The Labute approximate surface area is 363 Å². The third kappa shape index (κ3) is 4.93.